The molecule has 0 aliphatic carbocycles. The lowest BCUT2D eigenvalue weighted by Crippen LogP contribution is -2.05. The number of carbonyl (C=O) groups excluding carboxylic acids is 1. The number of allylic oxidation sites excluding steroid dienone is 2. The Morgan fingerprint density at radius 3 is 2.38 bits per heavy atom. The van der Waals surface area contributed by atoms with E-state index in [1.807, 2.05) is 0 Å². The average Bonchev–Trinajstić information content (AvgIpc) is 2.96. The van der Waals surface area contributed by atoms with Gasteiger partial charge in [0.25, 0.3) is 0 Å². The SMILES string of the molecule is O=C(/C=C(\O)C(=O)O)/C=C/c1cccn1Cc1c(F)cccc1F. The molecular formula is C17H13F2NO4. The van der Waals surface area contributed by atoms with E-state index in [2.05, 4.69) is 0 Å². The molecule has 124 valence electrons. The fraction of sp³-hybridized carbons (Fsp3) is 0.0588. The van der Waals surface area contributed by atoms with E-state index >= 15 is 0 Å². The number of carbonyl (C=O) groups is 2. The fourth-order valence-electron chi connectivity index (χ4n) is 1.99. The highest BCUT2D eigenvalue weighted by Crippen LogP contribution is 2.16. The summed E-state index contributed by atoms with van der Waals surface area (Å²) in [4.78, 5) is 21.9. The highest BCUT2D eigenvalue weighted by atomic mass is 19.1. The maximum absolute atomic E-state index is 13.7. The Kier molecular flexibility index (Phi) is 5.26. The van der Waals surface area contributed by atoms with Crippen molar-refractivity contribution in [2.75, 3.05) is 0 Å². The van der Waals surface area contributed by atoms with Crippen LogP contribution in [-0.4, -0.2) is 26.5 Å². The second-order valence-corrected chi connectivity index (χ2v) is 4.83. The number of aliphatic carboxylic acids is 1. The predicted molar refractivity (Wildman–Crippen MR) is 82.3 cm³/mol. The molecule has 0 fully saturated rings. The normalized spacial score (nSPS) is 11.8. The lowest BCUT2D eigenvalue weighted by Gasteiger charge is -2.08. The van der Waals surface area contributed by atoms with Gasteiger partial charge in [0.15, 0.2) is 5.78 Å². The Morgan fingerprint density at radius 1 is 1.08 bits per heavy atom. The summed E-state index contributed by atoms with van der Waals surface area (Å²) in [5, 5.41) is 17.5. The van der Waals surface area contributed by atoms with Gasteiger partial charge in [-0.05, 0) is 36.4 Å². The molecule has 0 radical (unpaired) electrons. The minimum atomic E-state index is -1.62. The first-order chi connectivity index (χ1) is 11.4. The van der Waals surface area contributed by atoms with Gasteiger partial charge in [0, 0.05) is 23.5 Å². The number of halogens is 2. The van der Waals surface area contributed by atoms with Gasteiger partial charge < -0.3 is 14.8 Å². The molecule has 1 aromatic heterocycles. The van der Waals surface area contributed by atoms with Crippen molar-refractivity contribution in [2.24, 2.45) is 0 Å². The van der Waals surface area contributed by atoms with Crippen LogP contribution in [0.4, 0.5) is 8.78 Å². The second kappa shape index (κ2) is 7.36. The van der Waals surface area contributed by atoms with Gasteiger partial charge in [-0.1, -0.05) is 6.07 Å². The van der Waals surface area contributed by atoms with Crippen molar-refractivity contribution in [2.45, 2.75) is 6.54 Å². The molecule has 0 amide bonds. The number of aliphatic hydroxyl groups excluding tert-OH is 1. The molecule has 1 heterocycles. The van der Waals surface area contributed by atoms with Gasteiger partial charge in [-0.15, -0.1) is 0 Å². The number of rotatable bonds is 6. The van der Waals surface area contributed by atoms with Crippen molar-refractivity contribution in [3.8, 4) is 0 Å². The van der Waals surface area contributed by atoms with E-state index in [1.165, 1.54) is 16.7 Å². The van der Waals surface area contributed by atoms with Crippen LogP contribution < -0.4 is 0 Å². The van der Waals surface area contributed by atoms with E-state index in [0.717, 1.165) is 18.2 Å². The third-order valence-electron chi connectivity index (χ3n) is 3.17. The molecule has 0 saturated carbocycles. The number of carboxylic acid groups (broad SMARTS) is 1. The highest BCUT2D eigenvalue weighted by molar-refractivity contribution is 6.05. The van der Waals surface area contributed by atoms with Crippen molar-refractivity contribution < 1.29 is 28.6 Å². The molecule has 0 atom stereocenters. The summed E-state index contributed by atoms with van der Waals surface area (Å²) >= 11 is 0. The van der Waals surface area contributed by atoms with Gasteiger partial charge in [-0.2, -0.15) is 0 Å². The maximum Gasteiger partial charge on any atom is 0.371 e. The van der Waals surface area contributed by atoms with Crippen molar-refractivity contribution in [3.63, 3.8) is 0 Å². The van der Waals surface area contributed by atoms with Crippen molar-refractivity contribution in [1.29, 1.82) is 0 Å². The molecule has 1 aromatic carbocycles. The Hall–Kier alpha value is -3.22. The smallest absolute Gasteiger partial charge is 0.371 e. The average molecular weight is 333 g/mol. The summed E-state index contributed by atoms with van der Waals surface area (Å²) in [6.45, 7) is -0.0738. The lowest BCUT2D eigenvalue weighted by molar-refractivity contribution is -0.135. The number of ketones is 1. The zero-order valence-electron chi connectivity index (χ0n) is 12.3. The van der Waals surface area contributed by atoms with Crippen LogP contribution in [0.3, 0.4) is 0 Å². The Balaban J connectivity index is 2.19. The minimum absolute atomic E-state index is 0.0738. The molecule has 2 rings (SSSR count). The Bertz CT molecular complexity index is 817. The molecule has 0 unspecified atom stereocenters. The van der Waals surface area contributed by atoms with Crippen molar-refractivity contribution >= 4 is 17.8 Å². The summed E-state index contributed by atoms with van der Waals surface area (Å²) in [5.74, 6) is -4.78. The quantitative estimate of drug-likeness (QED) is 0.629. The van der Waals surface area contributed by atoms with Gasteiger partial charge in [-0.3, -0.25) is 4.79 Å². The molecule has 5 nitrogen and oxygen atoms in total. The molecule has 2 N–H and O–H groups in total. The standard InChI is InChI=1S/C17H13F2NO4/c18-14-4-1-5-15(19)13(14)10-20-8-2-3-11(20)6-7-12(21)9-16(22)17(23)24/h1-9,22H,10H2,(H,23,24)/b7-6+,16-9-. The molecule has 0 bridgehead atoms. The highest BCUT2D eigenvalue weighted by Gasteiger charge is 2.10. The van der Waals surface area contributed by atoms with Gasteiger partial charge in [0.2, 0.25) is 5.76 Å². The molecular weight excluding hydrogens is 320 g/mol. The summed E-state index contributed by atoms with van der Waals surface area (Å²) < 4.78 is 28.9. The van der Waals surface area contributed by atoms with E-state index in [-0.39, 0.29) is 12.1 Å². The van der Waals surface area contributed by atoms with Crippen molar-refractivity contribution in [3.05, 3.63) is 77.3 Å². The van der Waals surface area contributed by atoms with Crippen LogP contribution in [-0.2, 0) is 16.1 Å². The van der Waals surface area contributed by atoms with Gasteiger partial charge >= 0.3 is 5.97 Å². The number of nitrogens with zero attached hydrogens (tertiary/aromatic N) is 1. The van der Waals surface area contributed by atoms with E-state index in [9.17, 15) is 18.4 Å². The van der Waals surface area contributed by atoms with E-state index in [0.29, 0.717) is 11.8 Å². The molecule has 2 aromatic rings. The van der Waals surface area contributed by atoms with Gasteiger partial charge in [-0.25, -0.2) is 13.6 Å². The monoisotopic (exact) mass is 333 g/mol. The first-order valence-corrected chi connectivity index (χ1v) is 6.82. The lowest BCUT2D eigenvalue weighted by atomic mass is 10.2. The van der Waals surface area contributed by atoms with Crippen LogP contribution in [0.2, 0.25) is 0 Å². The molecule has 24 heavy (non-hydrogen) atoms. The third kappa shape index (κ3) is 4.16. The molecule has 7 heteroatoms. The molecule has 0 saturated heterocycles. The molecule has 0 aliphatic heterocycles. The predicted octanol–water partition coefficient (Wildman–Crippen LogP) is 2.92. The number of aliphatic hydroxyl groups is 1. The van der Waals surface area contributed by atoms with Crippen LogP contribution in [0.1, 0.15) is 11.3 Å². The zero-order valence-corrected chi connectivity index (χ0v) is 12.3. The van der Waals surface area contributed by atoms with Crippen molar-refractivity contribution in [1.82, 2.24) is 4.57 Å². The molecule has 0 spiro atoms. The Morgan fingerprint density at radius 2 is 1.75 bits per heavy atom. The first-order valence-electron chi connectivity index (χ1n) is 6.82. The number of hydrogen-bond acceptors (Lipinski definition) is 3. The topological polar surface area (TPSA) is 79.5 Å². The van der Waals surface area contributed by atoms with Crippen LogP contribution in [0.25, 0.3) is 6.08 Å². The van der Waals surface area contributed by atoms with Gasteiger partial charge in [0.05, 0.1) is 6.54 Å². The summed E-state index contributed by atoms with van der Waals surface area (Å²) in [6.07, 6.45) is 4.54. The zero-order chi connectivity index (χ0) is 17.7. The number of aromatic nitrogens is 1. The maximum atomic E-state index is 13.7. The minimum Gasteiger partial charge on any atom is -0.502 e. The number of benzene rings is 1. The number of carboxylic acids is 1. The van der Waals surface area contributed by atoms with E-state index < -0.39 is 29.1 Å². The second-order valence-electron chi connectivity index (χ2n) is 4.83. The van der Waals surface area contributed by atoms with Crippen LogP contribution in [0.15, 0.2) is 54.4 Å². The number of hydrogen-bond donors (Lipinski definition) is 2. The third-order valence-corrected chi connectivity index (χ3v) is 3.17. The summed E-state index contributed by atoms with van der Waals surface area (Å²) in [5.41, 5.74) is 0.368. The molecule has 0 aliphatic rings. The first kappa shape index (κ1) is 17.1. The fourth-order valence-corrected chi connectivity index (χ4v) is 1.99. The van der Waals surface area contributed by atoms with E-state index in [1.54, 1.807) is 18.3 Å². The van der Waals surface area contributed by atoms with Crippen LogP contribution in [0, 0.1) is 11.6 Å². The van der Waals surface area contributed by atoms with E-state index in [4.69, 9.17) is 10.2 Å². The van der Waals surface area contributed by atoms with Crippen LogP contribution in [0.5, 0.6) is 0 Å². The van der Waals surface area contributed by atoms with Gasteiger partial charge in [0.1, 0.15) is 11.6 Å². The summed E-state index contributed by atoms with van der Waals surface area (Å²) in [7, 11) is 0. The summed E-state index contributed by atoms with van der Waals surface area (Å²) in [6, 6.07) is 6.82. The Labute approximate surface area is 135 Å². The van der Waals surface area contributed by atoms with Crippen LogP contribution >= 0.6 is 0 Å². The largest absolute Gasteiger partial charge is 0.502 e.